The lowest BCUT2D eigenvalue weighted by molar-refractivity contribution is 0.608. The topological polar surface area (TPSA) is 0 Å². The van der Waals surface area contributed by atoms with Gasteiger partial charge in [0.25, 0.3) is 0 Å². The van der Waals surface area contributed by atoms with Crippen LogP contribution in [0.1, 0.15) is 58.3 Å². The van der Waals surface area contributed by atoms with Gasteiger partial charge in [-0.2, -0.15) is 0 Å². The van der Waals surface area contributed by atoms with E-state index in [2.05, 4.69) is 37.3 Å². The lowest BCUT2D eigenvalue weighted by Crippen LogP contribution is -1.82. The van der Waals surface area contributed by atoms with Crippen LogP contribution in [-0.4, -0.2) is 0 Å². The zero-order valence-corrected chi connectivity index (χ0v) is 10.0. The Kier molecular flexibility index (Phi) is 6.98. The SMILES string of the molecule is CCCCCCCCC1=CCC=CC=C1. The van der Waals surface area contributed by atoms with Crippen molar-refractivity contribution in [3.8, 4) is 0 Å². The smallest absolute Gasteiger partial charge is 0.0160 e. The Morgan fingerprint density at radius 2 is 1.80 bits per heavy atom. The fourth-order valence-electron chi connectivity index (χ4n) is 1.92. The molecule has 0 saturated carbocycles. The molecule has 0 nitrogen and oxygen atoms in total. The monoisotopic (exact) mass is 204 g/mol. The minimum atomic E-state index is 1.11. The highest BCUT2D eigenvalue weighted by Crippen LogP contribution is 2.15. The highest BCUT2D eigenvalue weighted by atomic mass is 14.0. The summed E-state index contributed by atoms with van der Waals surface area (Å²) in [5.41, 5.74) is 1.52. The molecule has 0 aromatic heterocycles. The van der Waals surface area contributed by atoms with Crippen LogP contribution < -0.4 is 0 Å². The molecule has 0 saturated heterocycles. The van der Waals surface area contributed by atoms with Crippen LogP contribution in [-0.2, 0) is 0 Å². The van der Waals surface area contributed by atoms with Gasteiger partial charge >= 0.3 is 0 Å². The fraction of sp³-hybridized carbons (Fsp3) is 0.600. The van der Waals surface area contributed by atoms with Crippen molar-refractivity contribution < 1.29 is 0 Å². The third-order valence-corrected chi connectivity index (χ3v) is 2.89. The van der Waals surface area contributed by atoms with Crippen molar-refractivity contribution in [3.05, 3.63) is 36.0 Å². The number of hydrogen-bond donors (Lipinski definition) is 0. The molecule has 0 radical (unpaired) electrons. The summed E-state index contributed by atoms with van der Waals surface area (Å²) in [6.07, 6.45) is 21.9. The molecule has 0 aromatic rings. The summed E-state index contributed by atoms with van der Waals surface area (Å²) < 4.78 is 0. The Morgan fingerprint density at radius 3 is 2.67 bits per heavy atom. The zero-order chi connectivity index (χ0) is 10.8. The van der Waals surface area contributed by atoms with Gasteiger partial charge in [0.15, 0.2) is 0 Å². The van der Waals surface area contributed by atoms with E-state index in [-0.39, 0.29) is 0 Å². The van der Waals surface area contributed by atoms with Crippen molar-refractivity contribution >= 4 is 0 Å². The van der Waals surface area contributed by atoms with E-state index in [0.717, 1.165) is 6.42 Å². The lowest BCUT2D eigenvalue weighted by Gasteiger charge is -2.02. The van der Waals surface area contributed by atoms with E-state index < -0.39 is 0 Å². The van der Waals surface area contributed by atoms with Crippen LogP contribution in [0.5, 0.6) is 0 Å². The second-order valence-corrected chi connectivity index (χ2v) is 4.32. The van der Waals surface area contributed by atoms with Gasteiger partial charge in [-0.3, -0.25) is 0 Å². The molecule has 0 spiro atoms. The van der Waals surface area contributed by atoms with E-state index in [0.29, 0.717) is 0 Å². The van der Waals surface area contributed by atoms with Gasteiger partial charge in [-0.05, 0) is 19.3 Å². The highest BCUT2D eigenvalue weighted by Gasteiger charge is 1.95. The van der Waals surface area contributed by atoms with Gasteiger partial charge in [-0.15, -0.1) is 0 Å². The standard InChI is InChI=1S/C15H24/c1-2-3-4-5-6-9-12-15-13-10-7-8-11-14-15/h7-8,10,13-14H,2-6,9,11-12H2,1H3. The predicted molar refractivity (Wildman–Crippen MR) is 69.0 cm³/mol. The molecule has 0 heteroatoms. The van der Waals surface area contributed by atoms with Crippen LogP contribution in [0.2, 0.25) is 0 Å². The molecule has 0 unspecified atom stereocenters. The Hall–Kier alpha value is -0.780. The Bertz CT molecular complexity index is 230. The third kappa shape index (κ3) is 6.33. The second-order valence-electron chi connectivity index (χ2n) is 4.32. The molecule has 0 bridgehead atoms. The minimum Gasteiger partial charge on any atom is -0.0807 e. The van der Waals surface area contributed by atoms with Gasteiger partial charge in [0, 0.05) is 0 Å². The Morgan fingerprint density at radius 1 is 1.00 bits per heavy atom. The molecule has 1 rings (SSSR count). The maximum absolute atomic E-state index is 2.35. The third-order valence-electron chi connectivity index (χ3n) is 2.89. The molecule has 15 heavy (non-hydrogen) atoms. The normalized spacial score (nSPS) is 15.1. The van der Waals surface area contributed by atoms with Gasteiger partial charge < -0.3 is 0 Å². The minimum absolute atomic E-state index is 1.11. The van der Waals surface area contributed by atoms with Crippen LogP contribution in [0.4, 0.5) is 0 Å². The van der Waals surface area contributed by atoms with E-state index in [1.165, 1.54) is 50.5 Å². The first-order valence-electron chi connectivity index (χ1n) is 6.45. The van der Waals surface area contributed by atoms with Crippen molar-refractivity contribution in [2.45, 2.75) is 58.3 Å². The molecule has 0 heterocycles. The molecule has 0 aliphatic heterocycles. The van der Waals surface area contributed by atoms with Crippen LogP contribution in [0.25, 0.3) is 0 Å². The van der Waals surface area contributed by atoms with Gasteiger partial charge in [0.05, 0.1) is 0 Å². The summed E-state index contributed by atoms with van der Waals surface area (Å²) in [5.74, 6) is 0. The average molecular weight is 204 g/mol. The molecule has 0 fully saturated rings. The van der Waals surface area contributed by atoms with E-state index in [1.54, 1.807) is 0 Å². The lowest BCUT2D eigenvalue weighted by atomic mass is 10.0. The Balaban J connectivity index is 2.02. The number of rotatable bonds is 7. The van der Waals surface area contributed by atoms with Crippen molar-refractivity contribution in [1.29, 1.82) is 0 Å². The quantitative estimate of drug-likeness (QED) is 0.501. The van der Waals surface area contributed by atoms with E-state index in [1.807, 2.05) is 0 Å². The molecular weight excluding hydrogens is 180 g/mol. The van der Waals surface area contributed by atoms with E-state index in [4.69, 9.17) is 0 Å². The summed E-state index contributed by atoms with van der Waals surface area (Å²) >= 11 is 0. The predicted octanol–water partition coefficient (Wildman–Crippen LogP) is 5.18. The molecule has 0 aromatic carbocycles. The van der Waals surface area contributed by atoms with Gasteiger partial charge in [-0.25, -0.2) is 0 Å². The maximum Gasteiger partial charge on any atom is -0.0160 e. The van der Waals surface area contributed by atoms with Crippen molar-refractivity contribution in [2.24, 2.45) is 0 Å². The molecule has 0 N–H and O–H groups in total. The summed E-state index contributed by atoms with van der Waals surface area (Å²) in [7, 11) is 0. The fourth-order valence-corrected chi connectivity index (χ4v) is 1.92. The van der Waals surface area contributed by atoms with Crippen molar-refractivity contribution in [2.75, 3.05) is 0 Å². The van der Waals surface area contributed by atoms with Crippen molar-refractivity contribution in [3.63, 3.8) is 0 Å². The first-order chi connectivity index (χ1) is 7.43. The van der Waals surface area contributed by atoms with Gasteiger partial charge in [0.2, 0.25) is 0 Å². The second kappa shape index (κ2) is 8.52. The maximum atomic E-state index is 2.35. The zero-order valence-electron chi connectivity index (χ0n) is 10.0. The van der Waals surface area contributed by atoms with Crippen LogP contribution >= 0.6 is 0 Å². The number of unbranched alkanes of at least 4 members (excludes halogenated alkanes) is 5. The first-order valence-corrected chi connectivity index (χ1v) is 6.45. The molecule has 0 amide bonds. The summed E-state index contributed by atoms with van der Waals surface area (Å²) in [6, 6.07) is 0. The highest BCUT2D eigenvalue weighted by molar-refractivity contribution is 5.26. The van der Waals surface area contributed by atoms with E-state index in [9.17, 15) is 0 Å². The molecule has 0 atom stereocenters. The molecular formula is C15H24. The first kappa shape index (κ1) is 12.3. The number of allylic oxidation sites excluding steroid dienone is 6. The summed E-state index contributed by atoms with van der Waals surface area (Å²) in [6.45, 7) is 2.27. The van der Waals surface area contributed by atoms with Crippen molar-refractivity contribution in [1.82, 2.24) is 0 Å². The van der Waals surface area contributed by atoms with E-state index >= 15 is 0 Å². The van der Waals surface area contributed by atoms with Gasteiger partial charge in [-0.1, -0.05) is 75.0 Å². The van der Waals surface area contributed by atoms with Crippen LogP contribution in [0.3, 0.4) is 0 Å². The molecule has 84 valence electrons. The number of hydrogen-bond acceptors (Lipinski definition) is 0. The Labute approximate surface area is 94.8 Å². The molecule has 1 aliphatic carbocycles. The summed E-state index contributed by atoms with van der Waals surface area (Å²) in [4.78, 5) is 0. The molecule has 1 aliphatic rings. The largest absolute Gasteiger partial charge is 0.0807 e. The van der Waals surface area contributed by atoms with Crippen LogP contribution in [0.15, 0.2) is 36.0 Å². The van der Waals surface area contributed by atoms with Crippen LogP contribution in [0, 0.1) is 0 Å². The van der Waals surface area contributed by atoms with Gasteiger partial charge in [0.1, 0.15) is 0 Å². The summed E-state index contributed by atoms with van der Waals surface area (Å²) in [5, 5.41) is 0. The average Bonchev–Trinajstić information content (AvgIpc) is 2.52.